The number of nitriles is 1. The summed E-state index contributed by atoms with van der Waals surface area (Å²) >= 11 is 0. The second-order valence-electron chi connectivity index (χ2n) is 3.73. The Labute approximate surface area is 93.7 Å². The number of benzene rings is 1. The molecule has 1 heterocycles. The molecule has 80 valence electrons. The number of aryl methyl sites for hydroxylation is 2. The summed E-state index contributed by atoms with van der Waals surface area (Å²) in [6.45, 7) is 3.96. The molecule has 0 amide bonds. The predicted molar refractivity (Wildman–Crippen MR) is 63.7 cm³/mol. The van der Waals surface area contributed by atoms with Crippen molar-refractivity contribution in [3.05, 3.63) is 35.0 Å². The molecular formula is C12H12N4. The maximum Gasteiger partial charge on any atom is 0.103 e. The van der Waals surface area contributed by atoms with Gasteiger partial charge in [-0.2, -0.15) is 5.26 Å². The van der Waals surface area contributed by atoms with Gasteiger partial charge in [0.15, 0.2) is 0 Å². The fraction of sp³-hybridized carbons (Fsp3) is 0.167. The highest BCUT2D eigenvalue weighted by atomic mass is 15.2. The zero-order valence-electron chi connectivity index (χ0n) is 9.20. The number of pyridine rings is 1. The second-order valence-corrected chi connectivity index (χ2v) is 3.73. The normalized spacial score (nSPS) is 10.1. The summed E-state index contributed by atoms with van der Waals surface area (Å²) < 4.78 is 0. The van der Waals surface area contributed by atoms with E-state index in [1.807, 2.05) is 26.0 Å². The van der Waals surface area contributed by atoms with E-state index in [-0.39, 0.29) is 0 Å². The predicted octanol–water partition coefficient (Wildman–Crippen LogP) is 2.01. The van der Waals surface area contributed by atoms with Crippen LogP contribution in [0.3, 0.4) is 0 Å². The van der Waals surface area contributed by atoms with E-state index in [1.54, 1.807) is 6.20 Å². The lowest BCUT2D eigenvalue weighted by Gasteiger charge is -2.11. The molecule has 0 atom stereocenters. The number of anilines is 1. The van der Waals surface area contributed by atoms with Crippen molar-refractivity contribution in [1.82, 2.24) is 4.98 Å². The van der Waals surface area contributed by atoms with Crippen LogP contribution in [-0.2, 0) is 0 Å². The lowest BCUT2D eigenvalue weighted by Crippen LogP contribution is -2.10. The van der Waals surface area contributed by atoms with Crippen LogP contribution in [0.15, 0.2) is 18.3 Å². The number of nitrogen functional groups attached to an aromatic ring is 1. The molecule has 2 rings (SSSR count). The largest absolute Gasteiger partial charge is 0.322 e. The molecule has 0 fully saturated rings. The summed E-state index contributed by atoms with van der Waals surface area (Å²) in [7, 11) is 0. The molecule has 16 heavy (non-hydrogen) atoms. The average molecular weight is 212 g/mol. The molecular weight excluding hydrogens is 200 g/mol. The van der Waals surface area contributed by atoms with Gasteiger partial charge in [-0.25, -0.2) is 0 Å². The van der Waals surface area contributed by atoms with Crippen molar-refractivity contribution in [3.8, 4) is 6.07 Å². The number of aromatic nitrogens is 1. The molecule has 0 bridgehead atoms. The smallest absolute Gasteiger partial charge is 0.103 e. The monoisotopic (exact) mass is 212 g/mol. The Balaban J connectivity index is 2.98. The van der Waals surface area contributed by atoms with Gasteiger partial charge >= 0.3 is 0 Å². The number of nitrogens with zero attached hydrogens (tertiary/aromatic N) is 2. The molecule has 3 N–H and O–H groups in total. The number of fused-ring (bicyclic) bond motifs is 1. The van der Waals surface area contributed by atoms with Gasteiger partial charge in [-0.1, -0.05) is 12.1 Å². The lowest BCUT2D eigenvalue weighted by atomic mass is 10.0. The minimum Gasteiger partial charge on any atom is -0.322 e. The van der Waals surface area contributed by atoms with Gasteiger partial charge in [0.2, 0.25) is 0 Å². The number of nitrogens with two attached hydrogens (primary N) is 1. The number of hydrogen-bond acceptors (Lipinski definition) is 4. The SMILES string of the molecule is Cc1ccc(C)c2c(NN)c(C#N)cnc12. The molecule has 0 saturated heterocycles. The Bertz CT molecular complexity index is 596. The first-order valence-corrected chi connectivity index (χ1v) is 4.94. The van der Waals surface area contributed by atoms with Crippen LogP contribution < -0.4 is 11.3 Å². The van der Waals surface area contributed by atoms with E-state index in [9.17, 15) is 0 Å². The summed E-state index contributed by atoms with van der Waals surface area (Å²) in [4.78, 5) is 4.30. The highest BCUT2D eigenvalue weighted by molar-refractivity contribution is 5.97. The van der Waals surface area contributed by atoms with E-state index in [2.05, 4.69) is 16.5 Å². The third kappa shape index (κ3) is 1.38. The topological polar surface area (TPSA) is 74.7 Å². The average Bonchev–Trinajstić information content (AvgIpc) is 2.32. The van der Waals surface area contributed by atoms with Crippen LogP contribution >= 0.6 is 0 Å². The molecule has 4 nitrogen and oxygen atoms in total. The van der Waals surface area contributed by atoms with Crippen LogP contribution in [0, 0.1) is 25.2 Å². The van der Waals surface area contributed by atoms with Crippen molar-refractivity contribution < 1.29 is 0 Å². The van der Waals surface area contributed by atoms with Gasteiger partial charge in [0.05, 0.1) is 16.8 Å². The summed E-state index contributed by atoms with van der Waals surface area (Å²) in [6, 6.07) is 6.09. The molecule has 1 aromatic carbocycles. The quantitative estimate of drug-likeness (QED) is 0.560. The summed E-state index contributed by atoms with van der Waals surface area (Å²) in [6.07, 6.45) is 1.55. The Morgan fingerprint density at radius 3 is 2.62 bits per heavy atom. The van der Waals surface area contributed by atoms with E-state index in [0.717, 1.165) is 22.0 Å². The Morgan fingerprint density at radius 1 is 1.31 bits per heavy atom. The molecule has 0 saturated carbocycles. The van der Waals surface area contributed by atoms with Crippen molar-refractivity contribution in [3.63, 3.8) is 0 Å². The van der Waals surface area contributed by atoms with E-state index < -0.39 is 0 Å². The summed E-state index contributed by atoms with van der Waals surface area (Å²) in [5, 5.41) is 9.90. The molecule has 0 spiro atoms. The van der Waals surface area contributed by atoms with Crippen molar-refractivity contribution in [1.29, 1.82) is 5.26 Å². The van der Waals surface area contributed by atoms with E-state index >= 15 is 0 Å². The maximum absolute atomic E-state index is 8.98. The highest BCUT2D eigenvalue weighted by Gasteiger charge is 2.11. The van der Waals surface area contributed by atoms with Gasteiger partial charge in [-0.3, -0.25) is 10.8 Å². The molecule has 2 aromatic rings. The zero-order valence-corrected chi connectivity index (χ0v) is 9.20. The third-order valence-corrected chi connectivity index (χ3v) is 2.69. The van der Waals surface area contributed by atoms with Gasteiger partial charge in [0.1, 0.15) is 6.07 Å². The van der Waals surface area contributed by atoms with Crippen LogP contribution in [0.1, 0.15) is 16.7 Å². The minimum absolute atomic E-state index is 0.462. The number of nitrogens with one attached hydrogen (secondary N) is 1. The molecule has 0 radical (unpaired) electrons. The van der Waals surface area contributed by atoms with Gasteiger partial charge in [-0.15, -0.1) is 0 Å². The van der Waals surface area contributed by atoms with Gasteiger partial charge in [0, 0.05) is 11.6 Å². The van der Waals surface area contributed by atoms with Gasteiger partial charge in [-0.05, 0) is 25.0 Å². The van der Waals surface area contributed by atoms with E-state index in [0.29, 0.717) is 11.3 Å². The van der Waals surface area contributed by atoms with Crippen molar-refractivity contribution >= 4 is 16.6 Å². The van der Waals surface area contributed by atoms with Gasteiger partial charge < -0.3 is 5.43 Å². The Hall–Kier alpha value is -2.12. The fourth-order valence-corrected chi connectivity index (χ4v) is 1.84. The number of hydrogen-bond donors (Lipinski definition) is 2. The minimum atomic E-state index is 0.462. The molecule has 4 heteroatoms. The highest BCUT2D eigenvalue weighted by Crippen LogP contribution is 2.29. The van der Waals surface area contributed by atoms with Crippen molar-refractivity contribution in [2.75, 3.05) is 5.43 Å². The van der Waals surface area contributed by atoms with E-state index in [4.69, 9.17) is 11.1 Å². The first-order chi connectivity index (χ1) is 7.69. The lowest BCUT2D eigenvalue weighted by molar-refractivity contribution is 1.28. The van der Waals surface area contributed by atoms with Gasteiger partial charge in [0.25, 0.3) is 0 Å². The maximum atomic E-state index is 8.98. The Kier molecular flexibility index (Phi) is 2.47. The van der Waals surface area contributed by atoms with Crippen LogP contribution in [0.5, 0.6) is 0 Å². The number of hydrazine groups is 1. The summed E-state index contributed by atoms with van der Waals surface area (Å²) in [5.41, 5.74) is 6.71. The standard InChI is InChI=1S/C12H12N4/c1-7-3-4-8(2)11-10(7)12(16-14)9(5-13)6-15-11/h3-4,6H,14H2,1-2H3,(H,15,16). The third-order valence-electron chi connectivity index (χ3n) is 2.69. The van der Waals surface area contributed by atoms with Crippen LogP contribution in [0.4, 0.5) is 5.69 Å². The molecule has 0 aliphatic rings. The molecule has 1 aromatic heterocycles. The van der Waals surface area contributed by atoms with Crippen LogP contribution in [-0.4, -0.2) is 4.98 Å². The van der Waals surface area contributed by atoms with Crippen LogP contribution in [0.25, 0.3) is 10.9 Å². The van der Waals surface area contributed by atoms with Crippen LogP contribution in [0.2, 0.25) is 0 Å². The summed E-state index contributed by atoms with van der Waals surface area (Å²) in [5.74, 6) is 5.48. The molecule has 0 aliphatic carbocycles. The number of rotatable bonds is 1. The molecule has 0 aliphatic heterocycles. The first kappa shape index (κ1) is 10.4. The second kappa shape index (κ2) is 3.80. The Morgan fingerprint density at radius 2 is 2.00 bits per heavy atom. The molecule has 0 unspecified atom stereocenters. The van der Waals surface area contributed by atoms with E-state index in [1.165, 1.54) is 0 Å². The van der Waals surface area contributed by atoms with Crippen molar-refractivity contribution in [2.24, 2.45) is 5.84 Å². The first-order valence-electron chi connectivity index (χ1n) is 4.94. The van der Waals surface area contributed by atoms with Crippen molar-refractivity contribution in [2.45, 2.75) is 13.8 Å². The zero-order chi connectivity index (χ0) is 11.7. The fourth-order valence-electron chi connectivity index (χ4n) is 1.84.